The Kier molecular flexibility index (Phi) is 5.77. The molecule has 1 fully saturated rings. The normalized spacial score (nSPS) is 20.8. The Morgan fingerprint density at radius 2 is 2.00 bits per heavy atom. The molecular formula is C14H29NO. The molecule has 0 bridgehead atoms. The van der Waals surface area contributed by atoms with E-state index in [-0.39, 0.29) is 0 Å². The molecule has 1 saturated carbocycles. The predicted molar refractivity (Wildman–Crippen MR) is 69.7 cm³/mol. The summed E-state index contributed by atoms with van der Waals surface area (Å²) in [4.78, 5) is 0. The molecule has 0 aromatic heterocycles. The number of nitrogens with one attached hydrogen (secondary N) is 1. The molecule has 1 rings (SSSR count). The molecule has 0 aromatic carbocycles. The van der Waals surface area contributed by atoms with Crippen LogP contribution >= 0.6 is 0 Å². The first-order valence-electron chi connectivity index (χ1n) is 6.86. The Bertz CT molecular complexity index is 187. The quantitative estimate of drug-likeness (QED) is 0.687. The Balaban J connectivity index is 2.34. The molecule has 0 amide bonds. The van der Waals surface area contributed by atoms with E-state index >= 15 is 0 Å². The number of ether oxygens (including phenoxy) is 1. The van der Waals surface area contributed by atoms with E-state index in [0.717, 1.165) is 6.61 Å². The number of rotatable bonds is 8. The number of hydrogen-bond donors (Lipinski definition) is 1. The van der Waals surface area contributed by atoms with Gasteiger partial charge in [0.1, 0.15) is 0 Å². The fourth-order valence-electron chi connectivity index (χ4n) is 2.74. The van der Waals surface area contributed by atoms with Crippen molar-refractivity contribution in [2.75, 3.05) is 20.3 Å². The van der Waals surface area contributed by atoms with Gasteiger partial charge in [-0.1, -0.05) is 33.6 Å². The van der Waals surface area contributed by atoms with Crippen molar-refractivity contribution in [3.05, 3.63) is 0 Å². The molecule has 1 atom stereocenters. The second-order valence-electron chi connectivity index (χ2n) is 5.79. The van der Waals surface area contributed by atoms with Gasteiger partial charge in [-0.15, -0.1) is 0 Å². The summed E-state index contributed by atoms with van der Waals surface area (Å²) in [7, 11) is 1.79. The van der Waals surface area contributed by atoms with E-state index in [4.69, 9.17) is 4.74 Å². The molecule has 0 aliphatic heterocycles. The minimum absolute atomic E-state index is 0.513. The topological polar surface area (TPSA) is 21.3 Å². The van der Waals surface area contributed by atoms with Gasteiger partial charge in [0, 0.05) is 19.7 Å². The number of methoxy groups -OCH3 is 1. The highest BCUT2D eigenvalue weighted by Gasteiger charge is 2.36. The van der Waals surface area contributed by atoms with Crippen molar-refractivity contribution in [2.24, 2.45) is 11.3 Å². The molecule has 0 radical (unpaired) electrons. The SMILES string of the molecule is CCCC1(CNC(COC)C(C)C)CCC1. The summed E-state index contributed by atoms with van der Waals surface area (Å²) in [6.45, 7) is 8.86. The third-order valence-electron chi connectivity index (χ3n) is 4.08. The standard InChI is InChI=1S/C14H29NO/c1-5-7-14(8-6-9-14)11-15-13(10-16-4)12(2)3/h12-13,15H,5-11H2,1-4H3. The molecular weight excluding hydrogens is 198 g/mol. The van der Waals surface area contributed by atoms with E-state index in [1.165, 1.54) is 38.6 Å². The molecule has 1 aliphatic carbocycles. The van der Waals surface area contributed by atoms with Crippen molar-refractivity contribution in [1.82, 2.24) is 5.32 Å². The van der Waals surface area contributed by atoms with Crippen LogP contribution in [-0.2, 0) is 4.74 Å². The van der Waals surface area contributed by atoms with Gasteiger partial charge in [-0.05, 0) is 30.6 Å². The lowest BCUT2D eigenvalue weighted by Crippen LogP contribution is -2.47. The predicted octanol–water partition coefficient (Wildman–Crippen LogP) is 3.22. The van der Waals surface area contributed by atoms with E-state index in [9.17, 15) is 0 Å². The van der Waals surface area contributed by atoms with E-state index in [0.29, 0.717) is 17.4 Å². The van der Waals surface area contributed by atoms with Crippen molar-refractivity contribution in [3.63, 3.8) is 0 Å². The van der Waals surface area contributed by atoms with Crippen LogP contribution in [0.1, 0.15) is 52.9 Å². The van der Waals surface area contributed by atoms with Crippen molar-refractivity contribution in [3.8, 4) is 0 Å². The largest absolute Gasteiger partial charge is 0.383 e. The van der Waals surface area contributed by atoms with E-state index in [1.54, 1.807) is 7.11 Å². The second kappa shape index (κ2) is 6.61. The second-order valence-corrected chi connectivity index (χ2v) is 5.79. The fraction of sp³-hybridized carbons (Fsp3) is 1.00. The Morgan fingerprint density at radius 3 is 2.38 bits per heavy atom. The molecule has 0 spiro atoms. The highest BCUT2D eigenvalue weighted by molar-refractivity contribution is 4.90. The van der Waals surface area contributed by atoms with Gasteiger partial charge in [0.25, 0.3) is 0 Å². The van der Waals surface area contributed by atoms with Gasteiger partial charge < -0.3 is 10.1 Å². The maximum atomic E-state index is 5.28. The smallest absolute Gasteiger partial charge is 0.0618 e. The van der Waals surface area contributed by atoms with E-state index in [2.05, 4.69) is 26.1 Å². The molecule has 2 nitrogen and oxygen atoms in total. The summed E-state index contributed by atoms with van der Waals surface area (Å²) in [6, 6.07) is 0.513. The van der Waals surface area contributed by atoms with Crippen LogP contribution in [0.15, 0.2) is 0 Å². The zero-order valence-corrected chi connectivity index (χ0v) is 11.5. The first-order valence-corrected chi connectivity index (χ1v) is 6.86. The third kappa shape index (κ3) is 3.74. The average Bonchev–Trinajstić information content (AvgIpc) is 2.19. The lowest BCUT2D eigenvalue weighted by atomic mass is 9.66. The summed E-state index contributed by atoms with van der Waals surface area (Å²) in [6.07, 6.45) is 6.98. The van der Waals surface area contributed by atoms with Crippen molar-refractivity contribution in [1.29, 1.82) is 0 Å². The first kappa shape index (κ1) is 14.0. The van der Waals surface area contributed by atoms with Crippen LogP contribution in [0, 0.1) is 11.3 Å². The number of hydrogen-bond acceptors (Lipinski definition) is 2. The van der Waals surface area contributed by atoms with Crippen LogP contribution in [0.5, 0.6) is 0 Å². The molecule has 2 heteroatoms. The average molecular weight is 227 g/mol. The van der Waals surface area contributed by atoms with Crippen molar-refractivity contribution in [2.45, 2.75) is 58.9 Å². The Morgan fingerprint density at radius 1 is 1.31 bits per heavy atom. The highest BCUT2D eigenvalue weighted by atomic mass is 16.5. The van der Waals surface area contributed by atoms with Crippen molar-refractivity contribution < 1.29 is 4.74 Å². The molecule has 96 valence electrons. The fourth-order valence-corrected chi connectivity index (χ4v) is 2.74. The van der Waals surface area contributed by atoms with Gasteiger partial charge in [0.05, 0.1) is 6.61 Å². The van der Waals surface area contributed by atoms with Gasteiger partial charge >= 0.3 is 0 Å². The van der Waals surface area contributed by atoms with E-state index in [1.807, 2.05) is 0 Å². The van der Waals surface area contributed by atoms with Crippen LogP contribution in [0.4, 0.5) is 0 Å². The molecule has 0 saturated heterocycles. The lowest BCUT2D eigenvalue weighted by molar-refractivity contribution is 0.0890. The van der Waals surface area contributed by atoms with Crippen LogP contribution in [0.25, 0.3) is 0 Å². The summed E-state index contributed by atoms with van der Waals surface area (Å²) >= 11 is 0. The van der Waals surface area contributed by atoms with Gasteiger partial charge in [-0.25, -0.2) is 0 Å². The minimum Gasteiger partial charge on any atom is -0.383 e. The Hall–Kier alpha value is -0.0800. The van der Waals surface area contributed by atoms with E-state index < -0.39 is 0 Å². The monoisotopic (exact) mass is 227 g/mol. The molecule has 0 aromatic rings. The molecule has 1 aliphatic rings. The zero-order chi connectivity index (χ0) is 12.0. The molecule has 0 heterocycles. The maximum Gasteiger partial charge on any atom is 0.0618 e. The minimum atomic E-state index is 0.513. The molecule has 16 heavy (non-hydrogen) atoms. The summed E-state index contributed by atoms with van der Waals surface area (Å²) < 4.78 is 5.28. The first-order chi connectivity index (χ1) is 7.63. The van der Waals surface area contributed by atoms with Crippen LogP contribution in [0.3, 0.4) is 0 Å². The lowest BCUT2D eigenvalue weighted by Gasteiger charge is -2.43. The summed E-state index contributed by atoms with van der Waals surface area (Å²) in [5.41, 5.74) is 0.621. The van der Waals surface area contributed by atoms with Crippen LogP contribution < -0.4 is 5.32 Å². The third-order valence-corrected chi connectivity index (χ3v) is 4.08. The maximum absolute atomic E-state index is 5.28. The van der Waals surface area contributed by atoms with Gasteiger partial charge in [-0.2, -0.15) is 0 Å². The van der Waals surface area contributed by atoms with Gasteiger partial charge in [-0.3, -0.25) is 0 Å². The van der Waals surface area contributed by atoms with Gasteiger partial charge in [0.15, 0.2) is 0 Å². The summed E-state index contributed by atoms with van der Waals surface area (Å²) in [5, 5.41) is 3.72. The molecule has 1 unspecified atom stereocenters. The highest BCUT2D eigenvalue weighted by Crippen LogP contribution is 2.44. The Labute approximate surface area is 101 Å². The van der Waals surface area contributed by atoms with Gasteiger partial charge in [0.2, 0.25) is 0 Å². The summed E-state index contributed by atoms with van der Waals surface area (Å²) in [5.74, 6) is 0.652. The van der Waals surface area contributed by atoms with Crippen molar-refractivity contribution >= 4 is 0 Å². The molecule has 1 N–H and O–H groups in total. The van der Waals surface area contributed by atoms with Crippen LogP contribution in [0.2, 0.25) is 0 Å². The van der Waals surface area contributed by atoms with Crippen LogP contribution in [-0.4, -0.2) is 26.3 Å². The zero-order valence-electron chi connectivity index (χ0n) is 11.5.